The summed E-state index contributed by atoms with van der Waals surface area (Å²) in [5.74, 6) is 1.41. The first-order valence-corrected chi connectivity index (χ1v) is 12.2. The van der Waals surface area contributed by atoms with E-state index in [2.05, 4.69) is 22.8 Å². The van der Waals surface area contributed by atoms with Gasteiger partial charge in [0.2, 0.25) is 0 Å². The molecule has 0 bridgehead atoms. The highest BCUT2D eigenvalue weighted by Crippen LogP contribution is 2.39. The van der Waals surface area contributed by atoms with E-state index in [1.165, 1.54) is 0 Å². The van der Waals surface area contributed by atoms with Crippen molar-refractivity contribution in [1.82, 2.24) is 14.5 Å². The molecule has 0 aliphatic rings. The molecule has 37 heavy (non-hydrogen) atoms. The zero-order valence-corrected chi connectivity index (χ0v) is 20.3. The molecule has 0 saturated carbocycles. The van der Waals surface area contributed by atoms with Gasteiger partial charge in [0, 0.05) is 21.9 Å². The van der Waals surface area contributed by atoms with Crippen LogP contribution in [0.15, 0.2) is 109 Å². The van der Waals surface area contributed by atoms with Gasteiger partial charge >= 0.3 is 7.12 Å². The van der Waals surface area contributed by atoms with Crippen molar-refractivity contribution in [2.75, 3.05) is 0 Å². The van der Waals surface area contributed by atoms with Gasteiger partial charge in [-0.2, -0.15) is 0 Å². The molecule has 2 N–H and O–H groups in total. The maximum Gasteiger partial charge on any atom is 0.488 e. The van der Waals surface area contributed by atoms with Crippen LogP contribution in [0.5, 0.6) is 0 Å². The van der Waals surface area contributed by atoms with E-state index < -0.39 is 7.12 Å². The standard InChI is InChI=1S/C31H24BN3O2/c1-2-11-28-29(21-12-5-3-6-13-21)25-20-23(32(36)37)18-19-27(25)35(28)31-24-16-9-10-17-26(24)33-30(34-31)22-14-7-4-8-15-22/h2-20,36-37H,1H3/b11-2-. The highest BCUT2D eigenvalue weighted by molar-refractivity contribution is 6.59. The maximum absolute atomic E-state index is 9.96. The van der Waals surface area contributed by atoms with E-state index in [1.807, 2.05) is 97.9 Å². The third-order valence-corrected chi connectivity index (χ3v) is 6.54. The first kappa shape index (κ1) is 22.9. The number of fused-ring (bicyclic) bond motifs is 2. The molecule has 0 aliphatic carbocycles. The molecule has 6 heteroatoms. The van der Waals surface area contributed by atoms with Crippen molar-refractivity contribution in [2.45, 2.75) is 6.92 Å². The molecular formula is C31H24BN3O2. The largest absolute Gasteiger partial charge is 0.488 e. The van der Waals surface area contributed by atoms with E-state index in [-0.39, 0.29) is 0 Å². The Balaban J connectivity index is 1.77. The summed E-state index contributed by atoms with van der Waals surface area (Å²) in [6.07, 6.45) is 4.09. The van der Waals surface area contributed by atoms with Crippen LogP contribution in [0.4, 0.5) is 0 Å². The van der Waals surface area contributed by atoms with Gasteiger partial charge in [0.25, 0.3) is 0 Å². The molecular weight excluding hydrogens is 457 g/mol. The number of hydrogen-bond donors (Lipinski definition) is 2. The van der Waals surface area contributed by atoms with E-state index >= 15 is 0 Å². The highest BCUT2D eigenvalue weighted by Gasteiger charge is 2.23. The molecule has 5 nitrogen and oxygen atoms in total. The Labute approximate surface area is 215 Å². The highest BCUT2D eigenvalue weighted by atomic mass is 16.4. The minimum absolute atomic E-state index is 0.436. The quantitative estimate of drug-likeness (QED) is 0.314. The van der Waals surface area contributed by atoms with Crippen LogP contribution < -0.4 is 5.46 Å². The van der Waals surface area contributed by atoms with E-state index in [0.29, 0.717) is 11.3 Å². The Hall–Kier alpha value is -4.52. The Morgan fingerprint density at radius 2 is 1.41 bits per heavy atom. The molecule has 0 radical (unpaired) electrons. The van der Waals surface area contributed by atoms with Gasteiger partial charge in [0.15, 0.2) is 5.82 Å². The predicted molar refractivity (Wildman–Crippen MR) is 152 cm³/mol. The predicted octanol–water partition coefficient (Wildman–Crippen LogP) is 5.62. The number of rotatable bonds is 5. The Bertz CT molecular complexity index is 1760. The zero-order valence-electron chi connectivity index (χ0n) is 20.3. The summed E-state index contributed by atoms with van der Waals surface area (Å²) >= 11 is 0. The van der Waals surface area contributed by atoms with Gasteiger partial charge in [-0.25, -0.2) is 9.97 Å². The van der Waals surface area contributed by atoms with Gasteiger partial charge in [-0.05, 0) is 42.2 Å². The molecule has 0 atom stereocenters. The van der Waals surface area contributed by atoms with Crippen molar-refractivity contribution in [1.29, 1.82) is 0 Å². The lowest BCUT2D eigenvalue weighted by atomic mass is 9.79. The molecule has 0 spiro atoms. The van der Waals surface area contributed by atoms with Crippen LogP contribution >= 0.6 is 0 Å². The van der Waals surface area contributed by atoms with Crippen LogP contribution in [0, 0.1) is 0 Å². The Kier molecular flexibility index (Phi) is 5.89. The summed E-state index contributed by atoms with van der Waals surface area (Å²) in [5, 5.41) is 21.8. The number of benzene rings is 4. The van der Waals surface area contributed by atoms with Gasteiger partial charge in [-0.3, -0.25) is 4.57 Å². The number of aromatic nitrogens is 3. The van der Waals surface area contributed by atoms with Crippen molar-refractivity contribution in [2.24, 2.45) is 0 Å². The molecule has 0 amide bonds. The molecule has 6 rings (SSSR count). The molecule has 0 saturated heterocycles. The van der Waals surface area contributed by atoms with E-state index in [0.717, 1.165) is 50.0 Å². The summed E-state index contributed by atoms with van der Waals surface area (Å²) in [7, 11) is -1.56. The minimum Gasteiger partial charge on any atom is -0.423 e. The molecule has 178 valence electrons. The van der Waals surface area contributed by atoms with Gasteiger partial charge in [0.05, 0.1) is 16.7 Å². The lowest BCUT2D eigenvalue weighted by Crippen LogP contribution is -2.29. The molecule has 2 heterocycles. The number of allylic oxidation sites excluding steroid dienone is 1. The first-order chi connectivity index (χ1) is 18.2. The average molecular weight is 481 g/mol. The number of para-hydroxylation sites is 1. The number of nitrogens with zero attached hydrogens (tertiary/aromatic N) is 3. The lowest BCUT2D eigenvalue weighted by molar-refractivity contribution is 0.426. The van der Waals surface area contributed by atoms with Gasteiger partial charge < -0.3 is 10.0 Å². The van der Waals surface area contributed by atoms with Crippen molar-refractivity contribution < 1.29 is 10.0 Å². The fourth-order valence-electron chi connectivity index (χ4n) is 4.89. The molecule has 2 aromatic heterocycles. The van der Waals surface area contributed by atoms with Crippen LogP contribution in [-0.4, -0.2) is 31.7 Å². The van der Waals surface area contributed by atoms with Crippen LogP contribution in [0.25, 0.3) is 56.2 Å². The van der Waals surface area contributed by atoms with E-state index in [9.17, 15) is 10.0 Å². The molecule has 0 aliphatic heterocycles. The van der Waals surface area contributed by atoms with Gasteiger partial charge in [-0.1, -0.05) is 91.0 Å². The monoisotopic (exact) mass is 481 g/mol. The summed E-state index contributed by atoms with van der Waals surface area (Å²) in [6, 6.07) is 33.7. The van der Waals surface area contributed by atoms with Gasteiger partial charge in [0.1, 0.15) is 5.82 Å². The smallest absolute Gasteiger partial charge is 0.423 e. The Morgan fingerprint density at radius 3 is 2.11 bits per heavy atom. The van der Waals surface area contributed by atoms with Crippen molar-refractivity contribution in [3.8, 4) is 28.3 Å². The second-order valence-corrected chi connectivity index (χ2v) is 8.87. The van der Waals surface area contributed by atoms with E-state index in [1.54, 1.807) is 6.07 Å². The van der Waals surface area contributed by atoms with Crippen LogP contribution in [0.2, 0.25) is 0 Å². The van der Waals surface area contributed by atoms with Gasteiger partial charge in [-0.15, -0.1) is 0 Å². The average Bonchev–Trinajstić information content (AvgIpc) is 3.26. The van der Waals surface area contributed by atoms with Crippen LogP contribution in [-0.2, 0) is 0 Å². The second-order valence-electron chi connectivity index (χ2n) is 8.87. The summed E-state index contributed by atoms with van der Waals surface area (Å²) in [6.45, 7) is 1.99. The molecule has 6 aromatic rings. The normalized spacial score (nSPS) is 11.5. The third kappa shape index (κ3) is 4.02. The fraction of sp³-hybridized carbons (Fsp3) is 0.0323. The summed E-state index contributed by atoms with van der Waals surface area (Å²) in [4.78, 5) is 10.00. The van der Waals surface area contributed by atoms with Crippen molar-refractivity contribution in [3.63, 3.8) is 0 Å². The Morgan fingerprint density at radius 1 is 0.730 bits per heavy atom. The SMILES string of the molecule is C/C=C\c1c(-c2ccccc2)c2cc(B(O)O)ccc2n1-c1nc(-c2ccccc2)nc2ccccc12. The maximum atomic E-state index is 9.96. The van der Waals surface area contributed by atoms with E-state index in [4.69, 9.17) is 9.97 Å². The van der Waals surface area contributed by atoms with Crippen LogP contribution in [0.1, 0.15) is 12.6 Å². The zero-order chi connectivity index (χ0) is 25.4. The lowest BCUT2D eigenvalue weighted by Gasteiger charge is -2.14. The summed E-state index contributed by atoms with van der Waals surface area (Å²) in [5.41, 5.74) is 6.13. The fourth-order valence-corrected chi connectivity index (χ4v) is 4.89. The third-order valence-electron chi connectivity index (χ3n) is 6.54. The minimum atomic E-state index is -1.56. The van der Waals surface area contributed by atoms with Crippen molar-refractivity contribution in [3.05, 3.63) is 115 Å². The molecule has 0 fully saturated rings. The summed E-state index contributed by atoms with van der Waals surface area (Å²) < 4.78 is 2.15. The van der Waals surface area contributed by atoms with Crippen LogP contribution in [0.3, 0.4) is 0 Å². The second kappa shape index (κ2) is 9.50. The van der Waals surface area contributed by atoms with Crippen molar-refractivity contribution >= 4 is 40.5 Å². The topological polar surface area (TPSA) is 71.2 Å². The first-order valence-electron chi connectivity index (χ1n) is 12.2. The molecule has 0 unspecified atom stereocenters. The number of hydrogen-bond acceptors (Lipinski definition) is 4. The molecule has 4 aromatic carbocycles.